The summed E-state index contributed by atoms with van der Waals surface area (Å²) in [5, 5.41) is 0. The Labute approximate surface area is 181 Å². The van der Waals surface area contributed by atoms with Crippen molar-refractivity contribution in [3.05, 3.63) is 0 Å². The van der Waals surface area contributed by atoms with E-state index in [4.69, 9.17) is 0 Å². The summed E-state index contributed by atoms with van der Waals surface area (Å²) in [5.41, 5.74) is 0. The van der Waals surface area contributed by atoms with E-state index in [-0.39, 0.29) is 11.7 Å². The first-order chi connectivity index (χ1) is 13.0. The topological polar surface area (TPSA) is 43.4 Å². The van der Waals surface area contributed by atoms with Crippen LogP contribution in [0, 0.1) is 5.92 Å². The monoisotopic (exact) mass is 510 g/mol. The third kappa shape index (κ3) is 19.4. The number of hydrogen-bond donors (Lipinski definition) is 1. The summed E-state index contributed by atoms with van der Waals surface area (Å²) in [5.74, 6) is -1.15. The van der Waals surface area contributed by atoms with E-state index in [9.17, 15) is 9.59 Å². The van der Waals surface area contributed by atoms with Gasteiger partial charge >= 0.3 is 104 Å². The number of rotatable bonds is 15. The van der Waals surface area contributed by atoms with Crippen molar-refractivity contribution in [2.45, 2.75) is 112 Å². The fourth-order valence-electron chi connectivity index (χ4n) is 3.08. The van der Waals surface area contributed by atoms with Gasteiger partial charge in [0.25, 0.3) is 0 Å². The SMILES string of the molecule is CCCCC(CC)C(=O)OC(=O)CS.CCC[CH2][SnH]([CH2]CCC)[CH2]CCC. The molecule has 3 nitrogen and oxygen atoms in total. The fraction of sp³-hybridized carbons (Fsp3) is 0.909. The van der Waals surface area contributed by atoms with Crippen LogP contribution in [-0.4, -0.2) is 37.5 Å². The van der Waals surface area contributed by atoms with Crippen molar-refractivity contribution in [3.8, 4) is 0 Å². The van der Waals surface area contributed by atoms with Gasteiger partial charge in [0, 0.05) is 0 Å². The molecule has 1 atom stereocenters. The van der Waals surface area contributed by atoms with Crippen LogP contribution in [0.2, 0.25) is 13.3 Å². The van der Waals surface area contributed by atoms with Crippen LogP contribution in [0.3, 0.4) is 0 Å². The molecule has 0 aromatic rings. The second-order valence-corrected chi connectivity index (χ2v) is 17.7. The number of unbranched alkanes of at least 4 members (excludes halogenated alkanes) is 4. The third-order valence-electron chi connectivity index (χ3n) is 4.97. The van der Waals surface area contributed by atoms with Crippen LogP contribution in [0.5, 0.6) is 0 Å². The summed E-state index contributed by atoms with van der Waals surface area (Å²) in [6, 6.07) is 0. The molecule has 0 fully saturated rings. The molecule has 0 aliphatic heterocycles. The van der Waals surface area contributed by atoms with Gasteiger partial charge in [-0.05, 0) is 12.8 Å². The zero-order valence-electron chi connectivity index (χ0n) is 18.7. The minimum atomic E-state index is -0.967. The predicted molar refractivity (Wildman–Crippen MR) is 125 cm³/mol. The predicted octanol–water partition coefficient (Wildman–Crippen LogP) is 6.82. The van der Waals surface area contributed by atoms with Crippen molar-refractivity contribution in [1.29, 1.82) is 0 Å². The molecule has 0 aromatic carbocycles. The maximum absolute atomic E-state index is 11.4. The summed E-state index contributed by atoms with van der Waals surface area (Å²) in [7, 11) is 0. The molecule has 1 unspecified atom stereocenters. The summed E-state index contributed by atoms with van der Waals surface area (Å²) in [6.45, 7) is 11.0. The quantitative estimate of drug-likeness (QED) is 0.114. The standard InChI is InChI=1S/C10H18O3S.3C4H9.Sn.H/c1-3-5-6-8(4-2)10(12)13-9(11)7-14;3*1-3-4-2;;/h8,14H,3-7H2,1-2H3;3*1,3-4H2,2H3;;. The Morgan fingerprint density at radius 2 is 1.26 bits per heavy atom. The molecular formula is C22H46O3SSn. The average molecular weight is 509 g/mol. The molecular weight excluding hydrogens is 463 g/mol. The van der Waals surface area contributed by atoms with E-state index in [1.165, 1.54) is 38.5 Å². The number of ether oxygens (including phenoxy) is 1. The second-order valence-electron chi connectivity index (χ2n) is 7.49. The van der Waals surface area contributed by atoms with Gasteiger partial charge in [0.05, 0.1) is 11.7 Å². The number of carbonyl (C=O) groups is 2. The van der Waals surface area contributed by atoms with Gasteiger partial charge in [-0.25, -0.2) is 0 Å². The number of thiol groups is 1. The van der Waals surface area contributed by atoms with Crippen LogP contribution >= 0.6 is 12.6 Å². The van der Waals surface area contributed by atoms with Crippen molar-refractivity contribution in [1.82, 2.24) is 0 Å². The molecule has 0 bridgehead atoms. The van der Waals surface area contributed by atoms with E-state index >= 15 is 0 Å². The van der Waals surface area contributed by atoms with Gasteiger partial charge in [-0.1, -0.05) is 26.7 Å². The Kier molecular flexibility index (Phi) is 24.7. The van der Waals surface area contributed by atoms with Gasteiger partial charge in [0.2, 0.25) is 0 Å². The molecule has 0 radical (unpaired) electrons. The molecule has 0 saturated carbocycles. The molecule has 0 aliphatic carbocycles. The zero-order chi connectivity index (χ0) is 20.9. The molecule has 0 spiro atoms. The Balaban J connectivity index is 0. The fourth-order valence-corrected chi connectivity index (χ4v) is 14.1. The van der Waals surface area contributed by atoms with Crippen molar-refractivity contribution in [2.75, 3.05) is 5.75 Å². The van der Waals surface area contributed by atoms with Crippen molar-refractivity contribution < 1.29 is 14.3 Å². The van der Waals surface area contributed by atoms with Crippen LogP contribution < -0.4 is 0 Å². The van der Waals surface area contributed by atoms with Crippen molar-refractivity contribution in [3.63, 3.8) is 0 Å². The zero-order valence-corrected chi connectivity index (χ0v) is 22.9. The van der Waals surface area contributed by atoms with Crippen LogP contribution in [0.15, 0.2) is 0 Å². The van der Waals surface area contributed by atoms with Crippen molar-refractivity contribution >= 4 is 44.3 Å². The molecule has 0 heterocycles. The molecule has 0 N–H and O–H groups in total. The summed E-state index contributed by atoms with van der Waals surface area (Å²) >= 11 is 2.76. The Morgan fingerprint density at radius 1 is 0.815 bits per heavy atom. The Bertz CT molecular complexity index is 331. The average Bonchev–Trinajstić information content (AvgIpc) is 2.68. The first kappa shape index (κ1) is 29.5. The molecule has 0 aliphatic rings. The number of esters is 2. The molecule has 0 rings (SSSR count). The number of carbonyl (C=O) groups excluding carboxylic acids is 2. The van der Waals surface area contributed by atoms with Crippen LogP contribution in [0.1, 0.15) is 98.8 Å². The van der Waals surface area contributed by atoms with Crippen LogP contribution in [0.4, 0.5) is 0 Å². The Hall–Kier alpha value is 0.289. The van der Waals surface area contributed by atoms with Gasteiger partial charge in [-0.3, -0.25) is 9.59 Å². The van der Waals surface area contributed by atoms with Gasteiger partial charge in [0.15, 0.2) is 0 Å². The third-order valence-corrected chi connectivity index (χ3v) is 15.7. The van der Waals surface area contributed by atoms with Crippen LogP contribution in [0.25, 0.3) is 0 Å². The first-order valence-electron chi connectivity index (χ1n) is 11.4. The molecule has 0 aromatic heterocycles. The van der Waals surface area contributed by atoms with Gasteiger partial charge in [-0.15, -0.1) is 0 Å². The molecule has 27 heavy (non-hydrogen) atoms. The maximum atomic E-state index is 11.4. The molecule has 5 heteroatoms. The van der Waals surface area contributed by atoms with E-state index in [1.807, 2.05) is 6.92 Å². The van der Waals surface area contributed by atoms with E-state index in [0.29, 0.717) is 0 Å². The Morgan fingerprint density at radius 3 is 1.59 bits per heavy atom. The van der Waals surface area contributed by atoms with Crippen molar-refractivity contribution in [2.24, 2.45) is 5.92 Å². The van der Waals surface area contributed by atoms with Gasteiger partial charge in [-0.2, -0.15) is 12.6 Å². The van der Waals surface area contributed by atoms with Gasteiger partial charge < -0.3 is 4.74 Å². The molecule has 0 saturated heterocycles. The van der Waals surface area contributed by atoms with Crippen LogP contribution in [-0.2, 0) is 14.3 Å². The van der Waals surface area contributed by atoms with E-state index in [0.717, 1.165) is 25.7 Å². The number of hydrogen-bond acceptors (Lipinski definition) is 4. The first-order valence-corrected chi connectivity index (χ1v) is 19.0. The van der Waals surface area contributed by atoms with E-state index in [1.54, 1.807) is 13.3 Å². The summed E-state index contributed by atoms with van der Waals surface area (Å²) in [6.07, 6.45) is 12.4. The summed E-state index contributed by atoms with van der Waals surface area (Å²) in [4.78, 5) is 22.2. The molecule has 0 amide bonds. The molecule has 162 valence electrons. The normalized spacial score (nSPS) is 11.7. The van der Waals surface area contributed by atoms with E-state index < -0.39 is 31.7 Å². The van der Waals surface area contributed by atoms with Gasteiger partial charge in [0.1, 0.15) is 0 Å². The summed E-state index contributed by atoms with van der Waals surface area (Å²) < 4.78 is 9.67. The minimum absolute atomic E-state index is 0.0457. The second kappa shape index (κ2) is 22.6. The van der Waals surface area contributed by atoms with E-state index in [2.05, 4.69) is 45.1 Å².